The van der Waals surface area contributed by atoms with E-state index in [1.165, 1.54) is 5.06 Å². The third-order valence-electron chi connectivity index (χ3n) is 2.43. The molecule has 92 valence electrons. The molecule has 0 aliphatic carbocycles. The topological polar surface area (TPSA) is 38.8 Å². The molecule has 0 radical (unpaired) electrons. The predicted octanol–water partition coefficient (Wildman–Crippen LogP) is 2.25. The van der Waals surface area contributed by atoms with Crippen LogP contribution in [0.4, 0.5) is 0 Å². The molecule has 17 heavy (non-hydrogen) atoms. The van der Waals surface area contributed by atoms with Crippen molar-refractivity contribution < 1.29 is 14.4 Å². The summed E-state index contributed by atoms with van der Waals surface area (Å²) < 4.78 is 5.56. The summed E-state index contributed by atoms with van der Waals surface area (Å²) in [5.41, 5.74) is 0.602. The molecule has 0 bridgehead atoms. The van der Waals surface area contributed by atoms with Crippen LogP contribution in [0.5, 0.6) is 5.75 Å². The standard InChI is InChI=1S/C13H17NO3/c1-10(2)17-12-6-3-5-11(9-12)13(15)14-7-4-8-16-14/h3,5-6,9-10H,4,7-8H2,1-2H3. The third-order valence-corrected chi connectivity index (χ3v) is 2.43. The van der Waals surface area contributed by atoms with Crippen LogP contribution in [0.3, 0.4) is 0 Å². The fourth-order valence-electron chi connectivity index (χ4n) is 1.73. The van der Waals surface area contributed by atoms with Crippen molar-refractivity contribution in [1.29, 1.82) is 0 Å². The molecule has 1 aliphatic heterocycles. The van der Waals surface area contributed by atoms with Crippen molar-refractivity contribution in [3.63, 3.8) is 0 Å². The summed E-state index contributed by atoms with van der Waals surface area (Å²) in [7, 11) is 0. The van der Waals surface area contributed by atoms with E-state index in [0.717, 1.165) is 6.42 Å². The molecule has 0 saturated carbocycles. The van der Waals surface area contributed by atoms with Gasteiger partial charge >= 0.3 is 0 Å². The summed E-state index contributed by atoms with van der Waals surface area (Å²) in [6.45, 7) is 5.19. The van der Waals surface area contributed by atoms with Gasteiger partial charge in [0, 0.05) is 5.56 Å². The van der Waals surface area contributed by atoms with Crippen molar-refractivity contribution in [2.24, 2.45) is 0 Å². The average molecular weight is 235 g/mol. The van der Waals surface area contributed by atoms with Crippen molar-refractivity contribution >= 4 is 5.91 Å². The first-order valence-electron chi connectivity index (χ1n) is 5.88. The molecule has 4 heteroatoms. The molecule has 1 amide bonds. The molecule has 1 aromatic rings. The quantitative estimate of drug-likeness (QED) is 0.806. The Bertz CT molecular complexity index is 397. The minimum absolute atomic E-state index is 0.100. The fraction of sp³-hybridized carbons (Fsp3) is 0.462. The number of rotatable bonds is 3. The first-order valence-corrected chi connectivity index (χ1v) is 5.88. The number of amides is 1. The molecule has 4 nitrogen and oxygen atoms in total. The zero-order chi connectivity index (χ0) is 12.3. The van der Waals surface area contributed by atoms with Crippen LogP contribution in [0.2, 0.25) is 0 Å². The van der Waals surface area contributed by atoms with Crippen LogP contribution in [-0.2, 0) is 4.84 Å². The Kier molecular flexibility index (Phi) is 3.64. The Labute approximate surface area is 101 Å². The number of carbonyl (C=O) groups excluding carboxylic acids is 1. The lowest BCUT2D eigenvalue weighted by atomic mass is 10.2. The molecule has 1 heterocycles. The summed E-state index contributed by atoms with van der Waals surface area (Å²) in [6.07, 6.45) is 0.997. The molecule has 0 aromatic heterocycles. The van der Waals surface area contributed by atoms with Crippen LogP contribution in [-0.4, -0.2) is 30.2 Å². The Morgan fingerprint density at radius 1 is 1.47 bits per heavy atom. The predicted molar refractivity (Wildman–Crippen MR) is 63.8 cm³/mol. The summed E-state index contributed by atoms with van der Waals surface area (Å²) in [6, 6.07) is 7.20. The molecular formula is C13H17NO3. The largest absolute Gasteiger partial charge is 0.491 e. The van der Waals surface area contributed by atoms with Crippen molar-refractivity contribution in [3.8, 4) is 5.75 Å². The molecule has 1 saturated heterocycles. The minimum atomic E-state index is -0.100. The second-order valence-electron chi connectivity index (χ2n) is 4.29. The van der Waals surface area contributed by atoms with Gasteiger partial charge in [0.2, 0.25) is 0 Å². The fourth-order valence-corrected chi connectivity index (χ4v) is 1.73. The Morgan fingerprint density at radius 3 is 2.94 bits per heavy atom. The van der Waals surface area contributed by atoms with E-state index >= 15 is 0 Å². The van der Waals surface area contributed by atoms with Gasteiger partial charge in [-0.25, -0.2) is 5.06 Å². The lowest BCUT2D eigenvalue weighted by molar-refractivity contribution is -0.0768. The monoisotopic (exact) mass is 235 g/mol. The van der Waals surface area contributed by atoms with E-state index in [-0.39, 0.29) is 12.0 Å². The van der Waals surface area contributed by atoms with Crippen LogP contribution >= 0.6 is 0 Å². The van der Waals surface area contributed by atoms with E-state index < -0.39 is 0 Å². The van der Waals surface area contributed by atoms with Gasteiger partial charge in [0.15, 0.2) is 0 Å². The van der Waals surface area contributed by atoms with Crippen molar-refractivity contribution in [2.45, 2.75) is 26.4 Å². The molecule has 0 unspecified atom stereocenters. The Morgan fingerprint density at radius 2 is 2.29 bits per heavy atom. The normalized spacial score (nSPS) is 15.4. The van der Waals surface area contributed by atoms with Gasteiger partial charge in [-0.2, -0.15) is 0 Å². The Balaban J connectivity index is 2.12. The first-order chi connectivity index (χ1) is 8.16. The summed E-state index contributed by atoms with van der Waals surface area (Å²) >= 11 is 0. The zero-order valence-corrected chi connectivity index (χ0v) is 10.2. The average Bonchev–Trinajstić information content (AvgIpc) is 2.81. The van der Waals surface area contributed by atoms with Gasteiger partial charge in [-0.15, -0.1) is 0 Å². The van der Waals surface area contributed by atoms with Gasteiger partial charge in [0.1, 0.15) is 5.75 Å². The van der Waals surface area contributed by atoms with Crippen molar-refractivity contribution in [1.82, 2.24) is 5.06 Å². The number of carbonyl (C=O) groups is 1. The van der Waals surface area contributed by atoms with E-state index in [1.807, 2.05) is 26.0 Å². The molecule has 1 fully saturated rings. The smallest absolute Gasteiger partial charge is 0.277 e. The van der Waals surface area contributed by atoms with Gasteiger partial charge in [-0.3, -0.25) is 9.63 Å². The highest BCUT2D eigenvalue weighted by atomic mass is 16.7. The molecule has 1 aromatic carbocycles. The lowest BCUT2D eigenvalue weighted by Crippen LogP contribution is -2.26. The molecule has 2 rings (SSSR count). The van der Waals surface area contributed by atoms with E-state index in [0.29, 0.717) is 24.5 Å². The second-order valence-corrected chi connectivity index (χ2v) is 4.29. The summed E-state index contributed by atoms with van der Waals surface area (Å²) in [4.78, 5) is 17.3. The first kappa shape index (κ1) is 11.9. The van der Waals surface area contributed by atoms with Crippen LogP contribution in [0.1, 0.15) is 30.6 Å². The van der Waals surface area contributed by atoms with Crippen LogP contribution < -0.4 is 4.74 Å². The number of hydroxylamine groups is 2. The SMILES string of the molecule is CC(C)Oc1cccc(C(=O)N2CCCO2)c1. The molecule has 0 spiro atoms. The maximum Gasteiger partial charge on any atom is 0.277 e. The van der Waals surface area contributed by atoms with E-state index in [2.05, 4.69) is 0 Å². The van der Waals surface area contributed by atoms with E-state index in [1.54, 1.807) is 12.1 Å². The molecule has 1 aliphatic rings. The highest BCUT2D eigenvalue weighted by Gasteiger charge is 2.21. The number of benzene rings is 1. The molecular weight excluding hydrogens is 218 g/mol. The number of hydrogen-bond acceptors (Lipinski definition) is 3. The lowest BCUT2D eigenvalue weighted by Gasteiger charge is -2.15. The number of nitrogens with zero attached hydrogens (tertiary/aromatic N) is 1. The van der Waals surface area contributed by atoms with Gasteiger partial charge in [-0.05, 0) is 38.5 Å². The summed E-state index contributed by atoms with van der Waals surface area (Å²) in [5.74, 6) is 0.613. The molecule has 0 atom stereocenters. The van der Waals surface area contributed by atoms with Crippen LogP contribution in [0.25, 0.3) is 0 Å². The second kappa shape index (κ2) is 5.19. The Hall–Kier alpha value is -1.55. The van der Waals surface area contributed by atoms with Gasteiger partial charge in [0.25, 0.3) is 5.91 Å². The molecule has 0 N–H and O–H groups in total. The van der Waals surface area contributed by atoms with Crippen LogP contribution in [0, 0.1) is 0 Å². The highest BCUT2D eigenvalue weighted by molar-refractivity contribution is 5.94. The summed E-state index contributed by atoms with van der Waals surface area (Å²) in [5, 5.41) is 1.41. The number of ether oxygens (including phenoxy) is 1. The zero-order valence-electron chi connectivity index (χ0n) is 10.2. The minimum Gasteiger partial charge on any atom is -0.491 e. The van der Waals surface area contributed by atoms with E-state index in [9.17, 15) is 4.79 Å². The van der Waals surface area contributed by atoms with Gasteiger partial charge < -0.3 is 4.74 Å². The van der Waals surface area contributed by atoms with Crippen LogP contribution in [0.15, 0.2) is 24.3 Å². The maximum atomic E-state index is 12.0. The van der Waals surface area contributed by atoms with E-state index in [4.69, 9.17) is 9.57 Å². The third kappa shape index (κ3) is 2.97. The maximum absolute atomic E-state index is 12.0. The van der Waals surface area contributed by atoms with Gasteiger partial charge in [0.05, 0.1) is 19.3 Å². The van der Waals surface area contributed by atoms with Crippen molar-refractivity contribution in [2.75, 3.05) is 13.2 Å². The number of hydrogen-bond donors (Lipinski definition) is 0. The highest BCUT2D eigenvalue weighted by Crippen LogP contribution is 2.18. The van der Waals surface area contributed by atoms with Crippen molar-refractivity contribution in [3.05, 3.63) is 29.8 Å². The van der Waals surface area contributed by atoms with Gasteiger partial charge in [-0.1, -0.05) is 6.07 Å².